The highest BCUT2D eigenvalue weighted by Gasteiger charge is 2.87. The summed E-state index contributed by atoms with van der Waals surface area (Å²) in [7, 11) is 1.72. The van der Waals surface area contributed by atoms with Crippen molar-refractivity contribution in [1.29, 1.82) is 0 Å². The molecule has 13 aliphatic rings. The van der Waals surface area contributed by atoms with Crippen LogP contribution in [0.25, 0.3) is 0 Å². The predicted octanol–water partition coefficient (Wildman–Crippen LogP) is 1.51. The van der Waals surface area contributed by atoms with E-state index in [-0.39, 0.29) is 37.5 Å². The van der Waals surface area contributed by atoms with Gasteiger partial charge in [-0.3, -0.25) is 9.59 Å². The maximum Gasteiger partial charge on any atom is 0.310 e. The average Bonchev–Trinajstić information content (AvgIpc) is 0.986. The number of aromatic amines is 2. The number of hydrogen-bond donors (Lipinski definition) is 15. The third-order valence-electron chi connectivity index (χ3n) is 26.9. The molecule has 0 unspecified atom stereocenters. The van der Waals surface area contributed by atoms with Gasteiger partial charge in [0.25, 0.3) is 0 Å². The monoisotopic (exact) mass is 1160 g/mol. The van der Waals surface area contributed by atoms with Gasteiger partial charge in [0.05, 0.1) is 60.7 Å². The number of H-pyrrole nitrogens is 2. The number of carbonyl (C=O) groups is 2. The summed E-state index contributed by atoms with van der Waals surface area (Å²) in [6, 6.07) is -0.861. The second-order valence-corrected chi connectivity index (χ2v) is 29.5. The molecule has 21 nitrogen and oxygen atoms in total. The Labute approximate surface area is 489 Å². The molecule has 2 aromatic rings. The number of carbonyl (C=O) groups excluding carboxylic acids is 1. The molecule has 16 N–H and O–H groups in total. The second-order valence-electron chi connectivity index (χ2n) is 29.5. The largest absolute Gasteiger partial charge is 0.481 e. The molecule has 10 aliphatic carbocycles. The summed E-state index contributed by atoms with van der Waals surface area (Å²) in [5.74, 6) is 0.975. The number of nitrogens with zero attached hydrogens (tertiary/aromatic N) is 2. The van der Waals surface area contributed by atoms with Gasteiger partial charge < -0.3 is 87.1 Å². The summed E-state index contributed by atoms with van der Waals surface area (Å²) < 4.78 is 13.0. The first-order valence-corrected chi connectivity index (χ1v) is 31.3. The van der Waals surface area contributed by atoms with Crippen molar-refractivity contribution in [1.82, 2.24) is 30.6 Å². The van der Waals surface area contributed by atoms with Crippen LogP contribution >= 0.6 is 0 Å². The van der Waals surface area contributed by atoms with E-state index in [1.54, 1.807) is 19.6 Å². The van der Waals surface area contributed by atoms with Crippen LogP contribution in [0.3, 0.4) is 0 Å². The fourth-order valence-corrected chi connectivity index (χ4v) is 23.8. The van der Waals surface area contributed by atoms with Gasteiger partial charge >= 0.3 is 5.97 Å². The number of ether oxygens (including phenoxy) is 2. The van der Waals surface area contributed by atoms with Crippen LogP contribution in [0.4, 0.5) is 5.82 Å². The summed E-state index contributed by atoms with van der Waals surface area (Å²) in [5, 5.41) is 118. The molecule has 6 saturated carbocycles. The number of carboxylic acids is 1. The highest BCUT2D eigenvalue weighted by atomic mass is 16.7. The molecule has 3 bridgehead atoms. The van der Waals surface area contributed by atoms with E-state index in [0.717, 1.165) is 16.8 Å². The van der Waals surface area contributed by atoms with Crippen LogP contribution in [0.1, 0.15) is 109 Å². The quantitative estimate of drug-likeness (QED) is 0.0620. The number of imidazole rings is 2. The molecule has 3 spiro atoms. The van der Waals surface area contributed by atoms with Gasteiger partial charge in [0.15, 0.2) is 6.29 Å². The number of anilines is 1. The van der Waals surface area contributed by atoms with E-state index in [2.05, 4.69) is 75.7 Å². The number of hydrogen-bond acceptors (Lipinski definition) is 17. The first kappa shape index (κ1) is 57.5. The Morgan fingerprint density at radius 2 is 1.75 bits per heavy atom. The predicted molar refractivity (Wildman–Crippen MR) is 302 cm³/mol. The Kier molecular flexibility index (Phi) is 13.2. The van der Waals surface area contributed by atoms with Crippen molar-refractivity contribution < 1.29 is 65.0 Å². The Balaban J connectivity index is 1.07. The maximum absolute atomic E-state index is 16.1. The first-order valence-electron chi connectivity index (χ1n) is 31.3. The van der Waals surface area contributed by atoms with Crippen LogP contribution < -0.4 is 21.7 Å². The van der Waals surface area contributed by atoms with Crippen molar-refractivity contribution in [2.75, 3.05) is 45.3 Å². The fraction of sp³-hybridized carbons (Fsp3) is 0.778. The van der Waals surface area contributed by atoms with Crippen LogP contribution in [-0.2, 0) is 25.5 Å². The molecule has 84 heavy (non-hydrogen) atoms. The number of amides is 1. The van der Waals surface area contributed by atoms with Crippen molar-refractivity contribution in [2.45, 2.75) is 159 Å². The summed E-state index contributed by atoms with van der Waals surface area (Å²) >= 11 is 0. The number of nitrogens with two attached hydrogens (primary N) is 1. The highest BCUT2D eigenvalue weighted by Crippen LogP contribution is 2.90. The Hall–Kier alpha value is -4.28. The van der Waals surface area contributed by atoms with Gasteiger partial charge in [-0.05, 0) is 117 Å². The van der Waals surface area contributed by atoms with E-state index in [0.29, 0.717) is 88.7 Å². The van der Waals surface area contributed by atoms with Crippen LogP contribution in [0.5, 0.6) is 0 Å². The molecule has 1 amide bonds. The molecule has 458 valence electrons. The zero-order valence-corrected chi connectivity index (χ0v) is 48.9. The van der Waals surface area contributed by atoms with Gasteiger partial charge in [0.2, 0.25) is 5.91 Å². The van der Waals surface area contributed by atoms with Crippen molar-refractivity contribution in [3.8, 4) is 11.8 Å². The summed E-state index contributed by atoms with van der Waals surface area (Å²) in [4.78, 5) is 46.9. The molecule has 21 heteroatoms. The Bertz CT molecular complexity index is 3090. The van der Waals surface area contributed by atoms with Gasteiger partial charge in [0, 0.05) is 89.4 Å². The lowest BCUT2D eigenvalue weighted by Crippen LogP contribution is -2.82. The molecular weight excluding hydrogens is 1080 g/mol. The standard InChI is InChI=1S/C63H88N8O13/c1-56(25-72)15-16-61(55(81)82)36(20-56)34-18-30-9-8-29-7-6-12-60(29)43(45(71-54(60)80)42(39-23-66-27-68-39)46(75)33(21-65-5)51(64)79)32-17-31-10-14-62(34,35-19-38-52(70-28-69-38)67-22-37(35)61)58(3)13-11-41-57(2,26-73)50(48(77)44(32)59(41,4)63(30,31)58)84-53-49(78)47(76)40(74)24-83-53/h17-18,23,27-30,32-33,35-37,40-51,53,65,67,72-79H,6-7,10-16,19-22,24-26,64H2,1-5H3,(H,66,68)(H,69,70)(H,71,80)(H,81,82)/t29-,30-,32-,33+,35+,36+,37+,40-,41-,42+,43+,44-,45+,46+,47+,48-,49-,50-,51+,53+,56+,57+,58+,59-,60+,61-,62+,63-/m1/s1. The van der Waals surface area contributed by atoms with Crippen molar-refractivity contribution in [3.63, 3.8) is 0 Å². The van der Waals surface area contributed by atoms with E-state index >= 15 is 4.79 Å². The molecule has 0 radical (unpaired) electrons. The van der Waals surface area contributed by atoms with E-state index < -0.39 is 164 Å². The average molecular weight is 1170 g/mol. The van der Waals surface area contributed by atoms with Crippen LogP contribution in [0.15, 0.2) is 42.1 Å². The molecule has 28 atom stereocenters. The van der Waals surface area contributed by atoms with Gasteiger partial charge in [-0.1, -0.05) is 69.3 Å². The Morgan fingerprint density at radius 1 is 0.952 bits per heavy atom. The van der Waals surface area contributed by atoms with Gasteiger partial charge in [-0.2, -0.15) is 0 Å². The highest BCUT2D eigenvalue weighted by molar-refractivity contribution is 5.88. The number of nitrogens with one attached hydrogen (secondary N) is 5. The summed E-state index contributed by atoms with van der Waals surface area (Å²) in [6.45, 7) is 8.40. The zero-order valence-electron chi connectivity index (χ0n) is 48.9. The SMILES string of the molecule is CNC[C@@H]([C@H](O)[C@@H](c1cnc[nH]1)[C@@H]1NC(=O)[C@@]23CCC[C@@H]2C#C[C@@H]2C=C4[C@@H]5C[C@@](C)(CO)CC[C@]5(C(=O)O)[C@H]5CNc6nc[nH]c6C[C@@H]5[C@]45CCC4=C[C@H]([C@@H]13)[C@@H]1[C@@H](O)[C@@H](O[C@@H]3OC[C@@H](O)[C@H](O)[C@H]3O)[C@@](C)(CO)[C@H]3CC[C@]5(C)[C@]42[C@@]13C)[C@@H](N)O. The minimum absolute atomic E-state index is 0.0982. The fourth-order valence-electron chi connectivity index (χ4n) is 23.8. The van der Waals surface area contributed by atoms with Gasteiger partial charge in [0.1, 0.15) is 30.4 Å². The van der Waals surface area contributed by atoms with Crippen molar-refractivity contribution >= 4 is 17.7 Å². The molecule has 2 saturated heterocycles. The van der Waals surface area contributed by atoms with Crippen LogP contribution in [-0.4, -0.2) is 173 Å². The molecule has 8 fully saturated rings. The topological polar surface area (TPSA) is 354 Å². The number of aliphatic hydroxyl groups is 8. The number of allylic oxidation sites excluding steroid dienone is 4. The number of aliphatic hydroxyl groups excluding tert-OH is 8. The third-order valence-corrected chi connectivity index (χ3v) is 26.9. The molecule has 2 aromatic heterocycles. The number of carboxylic acid groups (broad SMARTS) is 1. The smallest absolute Gasteiger partial charge is 0.310 e. The number of rotatable bonds is 12. The van der Waals surface area contributed by atoms with E-state index in [4.69, 9.17) is 20.2 Å². The van der Waals surface area contributed by atoms with E-state index in [9.17, 15) is 50.8 Å². The minimum atomic E-state index is -1.72. The molecule has 5 heterocycles. The molecule has 15 rings (SSSR count). The molecule has 3 aliphatic heterocycles. The van der Waals surface area contributed by atoms with Crippen LogP contribution in [0.2, 0.25) is 0 Å². The number of aromatic nitrogens is 4. The van der Waals surface area contributed by atoms with E-state index in [1.807, 2.05) is 6.92 Å². The number of fused-ring (bicyclic) bond motifs is 5. The van der Waals surface area contributed by atoms with Crippen LogP contribution in [0, 0.1) is 114 Å². The third kappa shape index (κ3) is 6.83. The first-order chi connectivity index (χ1) is 40.1. The maximum atomic E-state index is 16.1. The molecule has 0 aromatic carbocycles. The zero-order chi connectivity index (χ0) is 59.2. The van der Waals surface area contributed by atoms with Gasteiger partial charge in [-0.15, -0.1) is 0 Å². The van der Waals surface area contributed by atoms with E-state index in [1.165, 1.54) is 6.33 Å². The summed E-state index contributed by atoms with van der Waals surface area (Å²) in [6.07, 6.45) is 3.80. The lowest BCUT2D eigenvalue weighted by molar-refractivity contribution is -0.365. The second kappa shape index (κ2) is 19.4. The normalized spacial score (nSPS) is 50.5. The van der Waals surface area contributed by atoms with Gasteiger partial charge in [-0.25, -0.2) is 9.97 Å². The number of aliphatic carboxylic acids is 1. The summed E-state index contributed by atoms with van der Waals surface area (Å²) in [5.41, 5.74) is 2.39. The Morgan fingerprint density at radius 3 is 2.46 bits per heavy atom. The lowest BCUT2D eigenvalue weighted by Gasteiger charge is -2.84. The lowest BCUT2D eigenvalue weighted by atomic mass is 9.19. The van der Waals surface area contributed by atoms with Crippen molar-refractivity contribution in [3.05, 3.63) is 53.5 Å². The minimum Gasteiger partial charge on any atom is -0.481 e. The molecular formula is C63H88N8O13. The van der Waals surface area contributed by atoms with Crippen molar-refractivity contribution in [2.24, 2.45) is 108 Å².